The molecule has 2 amide bonds. The molecule has 2 unspecified atom stereocenters. The van der Waals surface area contributed by atoms with Crippen molar-refractivity contribution in [2.45, 2.75) is 38.8 Å². The molecule has 6 heteroatoms. The van der Waals surface area contributed by atoms with E-state index in [1.54, 1.807) is 24.3 Å². The Bertz CT molecular complexity index is 557. The van der Waals surface area contributed by atoms with Crippen LogP contribution in [0.1, 0.15) is 37.0 Å². The maximum Gasteiger partial charge on any atom is 0.253 e. The van der Waals surface area contributed by atoms with E-state index in [0.717, 1.165) is 25.9 Å². The van der Waals surface area contributed by atoms with Crippen LogP contribution in [-0.4, -0.2) is 37.0 Å². The minimum atomic E-state index is -0.583. The van der Waals surface area contributed by atoms with Crippen LogP contribution < -0.4 is 16.0 Å². The highest BCUT2D eigenvalue weighted by molar-refractivity contribution is 6.33. The molecule has 0 radical (unpaired) electrons. The Morgan fingerprint density at radius 1 is 1.30 bits per heavy atom. The van der Waals surface area contributed by atoms with Crippen LogP contribution in [0.25, 0.3) is 0 Å². The predicted molar refractivity (Wildman–Crippen MR) is 91.6 cm³/mol. The molecular formula is C17H24ClN3O2. The first-order chi connectivity index (χ1) is 11.0. The Morgan fingerprint density at radius 3 is 2.65 bits per heavy atom. The summed E-state index contributed by atoms with van der Waals surface area (Å²) in [4.78, 5) is 24.9. The highest BCUT2D eigenvalue weighted by Gasteiger charge is 2.27. The van der Waals surface area contributed by atoms with Crippen LogP contribution in [0, 0.1) is 5.92 Å². The van der Waals surface area contributed by atoms with Gasteiger partial charge in [-0.2, -0.15) is 0 Å². The van der Waals surface area contributed by atoms with E-state index in [1.807, 2.05) is 13.8 Å². The molecule has 126 valence electrons. The molecule has 1 saturated heterocycles. The van der Waals surface area contributed by atoms with Gasteiger partial charge in [0.15, 0.2) is 0 Å². The number of rotatable bonds is 5. The van der Waals surface area contributed by atoms with Gasteiger partial charge in [0.2, 0.25) is 5.91 Å². The third-order valence-corrected chi connectivity index (χ3v) is 4.33. The Balaban J connectivity index is 2.01. The lowest BCUT2D eigenvalue weighted by atomic mass is 10.0. The third kappa shape index (κ3) is 4.94. The number of piperidine rings is 1. The quantitative estimate of drug-likeness (QED) is 0.769. The van der Waals surface area contributed by atoms with Crippen LogP contribution in [0.3, 0.4) is 0 Å². The van der Waals surface area contributed by atoms with E-state index in [9.17, 15) is 9.59 Å². The average molecular weight is 338 g/mol. The van der Waals surface area contributed by atoms with Crippen molar-refractivity contribution in [1.82, 2.24) is 16.0 Å². The summed E-state index contributed by atoms with van der Waals surface area (Å²) in [6, 6.07) is 6.36. The fourth-order valence-electron chi connectivity index (χ4n) is 2.67. The van der Waals surface area contributed by atoms with Crippen LogP contribution in [-0.2, 0) is 4.79 Å². The Kier molecular flexibility index (Phi) is 6.42. The highest BCUT2D eigenvalue weighted by atomic mass is 35.5. The van der Waals surface area contributed by atoms with Gasteiger partial charge in [0.05, 0.1) is 10.6 Å². The molecule has 3 N–H and O–H groups in total. The summed E-state index contributed by atoms with van der Waals surface area (Å²) in [6.07, 6.45) is 2.01. The summed E-state index contributed by atoms with van der Waals surface area (Å²) in [5, 5.41) is 9.47. The number of carbonyl (C=O) groups is 2. The fourth-order valence-corrected chi connectivity index (χ4v) is 2.89. The van der Waals surface area contributed by atoms with Gasteiger partial charge < -0.3 is 16.0 Å². The zero-order valence-corrected chi connectivity index (χ0v) is 14.3. The molecule has 0 saturated carbocycles. The summed E-state index contributed by atoms with van der Waals surface area (Å²) < 4.78 is 0. The topological polar surface area (TPSA) is 70.2 Å². The zero-order chi connectivity index (χ0) is 16.8. The number of carbonyl (C=O) groups excluding carboxylic acids is 2. The first kappa shape index (κ1) is 17.8. The normalized spacial score (nSPS) is 19.2. The first-order valence-electron chi connectivity index (χ1n) is 8.05. The van der Waals surface area contributed by atoms with Crippen molar-refractivity contribution >= 4 is 23.4 Å². The lowest BCUT2D eigenvalue weighted by molar-refractivity contribution is -0.124. The number of amides is 2. The first-order valence-corrected chi connectivity index (χ1v) is 8.43. The van der Waals surface area contributed by atoms with Gasteiger partial charge in [-0.1, -0.05) is 37.6 Å². The molecule has 1 fully saturated rings. The van der Waals surface area contributed by atoms with Crippen LogP contribution in [0.2, 0.25) is 5.02 Å². The molecule has 0 aromatic heterocycles. The Hall–Kier alpha value is -1.59. The van der Waals surface area contributed by atoms with Crippen molar-refractivity contribution in [3.63, 3.8) is 0 Å². The minimum absolute atomic E-state index is 0.0158. The van der Waals surface area contributed by atoms with Gasteiger partial charge in [-0.15, -0.1) is 0 Å². The van der Waals surface area contributed by atoms with E-state index in [2.05, 4.69) is 16.0 Å². The maximum atomic E-state index is 12.5. The molecule has 23 heavy (non-hydrogen) atoms. The summed E-state index contributed by atoms with van der Waals surface area (Å²) in [7, 11) is 0. The van der Waals surface area contributed by atoms with Gasteiger partial charge in [-0.05, 0) is 37.4 Å². The molecule has 1 heterocycles. The van der Waals surface area contributed by atoms with Crippen LogP contribution in [0.4, 0.5) is 0 Å². The minimum Gasteiger partial charge on any atom is -0.350 e. The van der Waals surface area contributed by atoms with Crippen molar-refractivity contribution < 1.29 is 9.59 Å². The van der Waals surface area contributed by atoms with Crippen molar-refractivity contribution in [3.05, 3.63) is 34.9 Å². The van der Waals surface area contributed by atoms with Crippen molar-refractivity contribution in [2.75, 3.05) is 13.1 Å². The van der Waals surface area contributed by atoms with Gasteiger partial charge >= 0.3 is 0 Å². The van der Waals surface area contributed by atoms with Gasteiger partial charge in [0, 0.05) is 12.6 Å². The smallest absolute Gasteiger partial charge is 0.253 e. The van der Waals surface area contributed by atoms with Gasteiger partial charge in [-0.3, -0.25) is 9.59 Å². The molecule has 1 aliphatic heterocycles. The molecule has 0 spiro atoms. The maximum absolute atomic E-state index is 12.5. The van der Waals surface area contributed by atoms with Crippen LogP contribution in [0.15, 0.2) is 24.3 Å². The second-order valence-electron chi connectivity index (χ2n) is 6.23. The molecule has 0 aliphatic carbocycles. The molecular weight excluding hydrogens is 314 g/mol. The number of hydrogen-bond acceptors (Lipinski definition) is 3. The summed E-state index contributed by atoms with van der Waals surface area (Å²) in [5.41, 5.74) is 0.381. The Morgan fingerprint density at radius 2 is 2.04 bits per heavy atom. The summed E-state index contributed by atoms with van der Waals surface area (Å²) in [6.45, 7) is 5.59. The highest BCUT2D eigenvalue weighted by Crippen LogP contribution is 2.15. The van der Waals surface area contributed by atoms with E-state index >= 15 is 0 Å². The van der Waals surface area contributed by atoms with Crippen molar-refractivity contribution in [2.24, 2.45) is 5.92 Å². The standard InChI is InChI=1S/C17H24ClN3O2/c1-11(2)15(17(23)20-12-6-5-9-19-10-12)21-16(22)13-7-3-4-8-14(13)18/h3-4,7-8,11-12,15,19H,5-6,9-10H2,1-2H3,(H,20,23)(H,21,22). The molecule has 5 nitrogen and oxygen atoms in total. The Labute approximate surface area is 142 Å². The fraction of sp³-hybridized carbons (Fsp3) is 0.529. The summed E-state index contributed by atoms with van der Waals surface area (Å²) in [5.74, 6) is -0.488. The SMILES string of the molecule is CC(C)C(NC(=O)c1ccccc1Cl)C(=O)NC1CCCNC1. The molecule has 2 atom stereocenters. The number of benzene rings is 1. The van der Waals surface area contributed by atoms with E-state index in [4.69, 9.17) is 11.6 Å². The lowest BCUT2D eigenvalue weighted by Gasteiger charge is -2.28. The van der Waals surface area contributed by atoms with Gasteiger partial charge in [0.1, 0.15) is 6.04 Å². The molecule has 2 rings (SSSR count). The van der Waals surface area contributed by atoms with Crippen LogP contribution in [0.5, 0.6) is 0 Å². The number of nitrogens with one attached hydrogen (secondary N) is 3. The number of halogens is 1. The zero-order valence-electron chi connectivity index (χ0n) is 13.6. The monoisotopic (exact) mass is 337 g/mol. The lowest BCUT2D eigenvalue weighted by Crippen LogP contribution is -2.54. The third-order valence-electron chi connectivity index (χ3n) is 4.00. The molecule has 1 aromatic rings. The van der Waals surface area contributed by atoms with Crippen LogP contribution >= 0.6 is 11.6 Å². The van der Waals surface area contributed by atoms with E-state index < -0.39 is 6.04 Å². The average Bonchev–Trinajstić information content (AvgIpc) is 2.53. The van der Waals surface area contributed by atoms with Crippen molar-refractivity contribution in [3.8, 4) is 0 Å². The summed E-state index contributed by atoms with van der Waals surface area (Å²) >= 11 is 6.05. The molecule has 1 aliphatic rings. The van der Waals surface area contributed by atoms with E-state index in [-0.39, 0.29) is 23.8 Å². The predicted octanol–water partition coefficient (Wildman–Crippen LogP) is 1.96. The number of hydrogen-bond donors (Lipinski definition) is 3. The van der Waals surface area contributed by atoms with Crippen molar-refractivity contribution in [1.29, 1.82) is 0 Å². The largest absolute Gasteiger partial charge is 0.350 e. The second-order valence-corrected chi connectivity index (χ2v) is 6.63. The molecule has 0 bridgehead atoms. The van der Waals surface area contributed by atoms with Gasteiger partial charge in [0.25, 0.3) is 5.91 Å². The van der Waals surface area contributed by atoms with E-state index in [1.165, 1.54) is 0 Å². The van der Waals surface area contributed by atoms with Gasteiger partial charge in [-0.25, -0.2) is 0 Å². The second kappa shape index (κ2) is 8.31. The molecule has 1 aromatic carbocycles. The van der Waals surface area contributed by atoms with E-state index in [0.29, 0.717) is 10.6 Å².